The molecular weight excluding hydrogens is 952 g/mol. The molecule has 0 radical (unpaired) electrons. The van der Waals surface area contributed by atoms with Crippen molar-refractivity contribution < 1.29 is 52.2 Å². The van der Waals surface area contributed by atoms with E-state index in [2.05, 4.69) is 81.5 Å². The quantitative estimate of drug-likeness (QED) is 0.0197. The maximum Gasteiger partial charge on any atom is 0.472 e. The van der Waals surface area contributed by atoms with Crippen LogP contribution in [0.5, 0.6) is 0 Å². The summed E-state index contributed by atoms with van der Waals surface area (Å²) in [4.78, 5) is 48.5. The van der Waals surface area contributed by atoms with Crippen molar-refractivity contribution in [1.82, 2.24) is 0 Å². The van der Waals surface area contributed by atoms with E-state index in [1.165, 1.54) is 109 Å². The lowest BCUT2D eigenvalue weighted by atomic mass is 10.1. The molecule has 11 nitrogen and oxygen atoms in total. The molecule has 0 rings (SSSR count). The van der Waals surface area contributed by atoms with Gasteiger partial charge in [-0.3, -0.25) is 23.4 Å². The third-order valence-electron chi connectivity index (χ3n) is 12.3. The second-order valence-corrected chi connectivity index (χ2v) is 20.9. The minimum atomic E-state index is -4.78. The number of ether oxygens (including phenoxy) is 3. The molecule has 74 heavy (non-hydrogen) atoms. The number of rotatable bonds is 54. The Hall–Kier alpha value is -3.34. The first-order chi connectivity index (χ1) is 36.2. The van der Waals surface area contributed by atoms with Crippen molar-refractivity contribution in [2.75, 3.05) is 26.4 Å². The van der Waals surface area contributed by atoms with E-state index in [1.54, 1.807) is 6.08 Å². The van der Waals surface area contributed by atoms with Gasteiger partial charge >= 0.3 is 25.7 Å². The van der Waals surface area contributed by atoms with E-state index in [0.717, 1.165) is 83.5 Å². The van der Waals surface area contributed by atoms with E-state index in [1.807, 2.05) is 18.2 Å². The van der Waals surface area contributed by atoms with Crippen molar-refractivity contribution in [2.24, 2.45) is 0 Å². The van der Waals surface area contributed by atoms with Crippen LogP contribution in [-0.2, 0) is 42.2 Å². The highest BCUT2D eigenvalue weighted by Crippen LogP contribution is 2.43. The lowest BCUT2D eigenvalue weighted by Gasteiger charge is -2.21. The van der Waals surface area contributed by atoms with E-state index in [9.17, 15) is 28.9 Å². The molecule has 0 saturated heterocycles. The zero-order valence-electron chi connectivity index (χ0n) is 47.0. The van der Waals surface area contributed by atoms with E-state index >= 15 is 0 Å². The van der Waals surface area contributed by atoms with Gasteiger partial charge in [-0.15, -0.1) is 0 Å². The van der Waals surface area contributed by atoms with Crippen LogP contribution >= 0.6 is 7.82 Å². The fourth-order valence-corrected chi connectivity index (χ4v) is 8.62. The molecule has 0 aliphatic rings. The van der Waals surface area contributed by atoms with Crippen molar-refractivity contribution in [3.8, 4) is 0 Å². The molecule has 0 saturated carbocycles. The van der Waals surface area contributed by atoms with Crippen LogP contribution in [0, 0.1) is 0 Å². The number of carbonyl (C=O) groups excluding carboxylic acids is 3. The van der Waals surface area contributed by atoms with Crippen molar-refractivity contribution >= 4 is 25.7 Å². The smallest absolute Gasteiger partial charge is 0.462 e. The summed E-state index contributed by atoms with van der Waals surface area (Å²) in [5.41, 5.74) is 0. The van der Waals surface area contributed by atoms with Crippen LogP contribution in [0.3, 0.4) is 0 Å². The average Bonchev–Trinajstić information content (AvgIpc) is 3.39. The summed E-state index contributed by atoms with van der Waals surface area (Å²) in [5, 5.41) is 9.79. The number of unbranched alkanes of at least 4 members (excludes halogenated alkanes) is 24. The van der Waals surface area contributed by atoms with E-state index < -0.39 is 57.8 Å². The normalized spacial score (nSPS) is 14.0. The van der Waals surface area contributed by atoms with Crippen LogP contribution in [0.25, 0.3) is 0 Å². The third kappa shape index (κ3) is 53.5. The zero-order chi connectivity index (χ0) is 54.1. The Morgan fingerprint density at radius 3 is 1.19 bits per heavy atom. The second-order valence-electron chi connectivity index (χ2n) is 19.4. The van der Waals surface area contributed by atoms with Gasteiger partial charge in [0.2, 0.25) is 0 Å². The Morgan fingerprint density at radius 2 is 0.757 bits per heavy atom. The predicted molar refractivity (Wildman–Crippen MR) is 307 cm³/mol. The Balaban J connectivity index is 4.79. The van der Waals surface area contributed by atoms with Gasteiger partial charge in [-0.2, -0.15) is 0 Å². The van der Waals surface area contributed by atoms with Crippen molar-refractivity contribution in [3.05, 3.63) is 85.1 Å². The third-order valence-corrected chi connectivity index (χ3v) is 13.3. The summed E-state index contributed by atoms with van der Waals surface area (Å²) in [6.45, 7) is 4.40. The van der Waals surface area contributed by atoms with E-state index in [4.69, 9.17) is 23.3 Å². The van der Waals surface area contributed by atoms with Crippen LogP contribution < -0.4 is 0 Å². The number of carbonyl (C=O) groups is 3. The first kappa shape index (κ1) is 70.7. The van der Waals surface area contributed by atoms with Crippen LogP contribution in [0.2, 0.25) is 0 Å². The van der Waals surface area contributed by atoms with E-state index in [0.29, 0.717) is 19.3 Å². The largest absolute Gasteiger partial charge is 0.472 e. The molecule has 0 fully saturated rings. The highest BCUT2D eigenvalue weighted by atomic mass is 31.2. The molecule has 426 valence electrons. The first-order valence-electron chi connectivity index (χ1n) is 29.5. The molecule has 0 bridgehead atoms. The fourth-order valence-electron chi connectivity index (χ4n) is 7.83. The monoisotopic (exact) mass is 1060 g/mol. The molecule has 12 heteroatoms. The topological polar surface area (TPSA) is 155 Å². The van der Waals surface area contributed by atoms with Gasteiger partial charge in [0.25, 0.3) is 0 Å². The summed E-state index contributed by atoms with van der Waals surface area (Å²) in [5.74, 6) is -1.61. The lowest BCUT2D eigenvalue weighted by Crippen LogP contribution is -2.30. The molecule has 0 aliphatic carbocycles. The van der Waals surface area contributed by atoms with E-state index in [-0.39, 0.29) is 25.9 Å². The molecule has 0 spiro atoms. The number of hydrogen-bond acceptors (Lipinski definition) is 10. The molecular formula is C62H107O11P. The summed E-state index contributed by atoms with van der Waals surface area (Å²) < 4.78 is 39.4. The predicted octanol–water partition coefficient (Wildman–Crippen LogP) is 17.5. The lowest BCUT2D eigenvalue weighted by molar-refractivity contribution is -0.161. The SMILES string of the molecule is CC/C=C\C/C=C\C/C=C\C/C=C\C/C=C\CC(=O)OC(CO)COP(=O)(O)OCC(COC(=O)CCCCCCC/C=C\CCCCCC)OC(=O)CCCCCCCCCCC/C=C\CCCCCCCC. The van der Waals surface area contributed by atoms with Crippen LogP contribution in [0.1, 0.15) is 252 Å². The standard InChI is InChI=1S/C62H107O11P/c1-4-7-10-13-16-19-22-25-27-28-29-30-32-35-38-41-44-47-50-53-62(66)73-59(55-69-60(64)51-48-45-42-39-36-33-24-21-18-15-12-9-6-3)57-71-74(67,68)70-56-58(54-63)72-61(65)52-49-46-43-40-37-34-31-26-23-20-17-14-11-8-5-2/h8,11,17,20-21,24-27,31,37,40,46,49,58-59,63H,4-7,9-10,12-16,18-19,22-23,28-30,32-36,38-39,41-45,47-48,50-57H2,1-3H3,(H,67,68)/b11-8-,20-17-,24-21-,27-25-,31-26-,40-37-,49-46-. The number of allylic oxidation sites excluding steroid dienone is 13. The summed E-state index contributed by atoms with van der Waals surface area (Å²) in [6, 6.07) is 0. The van der Waals surface area contributed by atoms with Gasteiger partial charge in [-0.05, 0) is 96.3 Å². The minimum absolute atomic E-state index is 0.0574. The number of hydrogen-bond donors (Lipinski definition) is 2. The molecule has 3 atom stereocenters. The van der Waals surface area contributed by atoms with Gasteiger partial charge in [-0.1, -0.05) is 221 Å². The summed E-state index contributed by atoms with van der Waals surface area (Å²) in [7, 11) is -4.78. The second kappa shape index (κ2) is 55.9. The Morgan fingerprint density at radius 1 is 0.405 bits per heavy atom. The van der Waals surface area contributed by atoms with Crippen LogP contribution in [-0.4, -0.2) is 66.5 Å². The molecule has 0 amide bonds. The van der Waals surface area contributed by atoms with Crippen molar-refractivity contribution in [2.45, 2.75) is 264 Å². The Kier molecular flexibility index (Phi) is 53.4. The molecule has 2 N–H and O–H groups in total. The maximum absolute atomic E-state index is 12.9. The van der Waals surface area contributed by atoms with Gasteiger partial charge < -0.3 is 24.2 Å². The number of esters is 3. The fraction of sp³-hybridized carbons (Fsp3) is 0.726. The molecule has 0 aromatic heterocycles. The van der Waals surface area contributed by atoms with Crippen LogP contribution in [0.15, 0.2) is 85.1 Å². The number of aliphatic hydroxyl groups is 1. The Bertz CT molecular complexity index is 1560. The summed E-state index contributed by atoms with van der Waals surface area (Å²) >= 11 is 0. The van der Waals surface area contributed by atoms with Gasteiger partial charge in [0.15, 0.2) is 6.10 Å². The van der Waals surface area contributed by atoms with Gasteiger partial charge in [0.05, 0.1) is 26.2 Å². The van der Waals surface area contributed by atoms with Crippen molar-refractivity contribution in [3.63, 3.8) is 0 Å². The highest BCUT2D eigenvalue weighted by Gasteiger charge is 2.28. The maximum atomic E-state index is 12.9. The Labute approximate surface area is 451 Å². The zero-order valence-corrected chi connectivity index (χ0v) is 47.9. The number of aliphatic hydroxyl groups excluding tert-OH is 1. The average molecular weight is 1060 g/mol. The summed E-state index contributed by atoms with van der Waals surface area (Å²) in [6.07, 6.45) is 64.3. The van der Waals surface area contributed by atoms with Crippen LogP contribution in [0.4, 0.5) is 0 Å². The van der Waals surface area contributed by atoms with Gasteiger partial charge in [-0.25, -0.2) is 4.57 Å². The van der Waals surface area contributed by atoms with Gasteiger partial charge in [0, 0.05) is 12.8 Å². The number of phosphoric acid groups is 1. The van der Waals surface area contributed by atoms with Crippen molar-refractivity contribution in [1.29, 1.82) is 0 Å². The molecule has 0 heterocycles. The molecule has 0 aliphatic heterocycles. The number of phosphoric ester groups is 1. The minimum Gasteiger partial charge on any atom is -0.462 e. The molecule has 3 unspecified atom stereocenters. The van der Waals surface area contributed by atoms with Gasteiger partial charge in [0.1, 0.15) is 12.7 Å². The highest BCUT2D eigenvalue weighted by molar-refractivity contribution is 7.47. The first-order valence-corrected chi connectivity index (χ1v) is 31.0. The molecule has 0 aromatic rings. The molecule has 0 aromatic carbocycles.